The van der Waals surface area contributed by atoms with E-state index < -0.39 is 0 Å². The summed E-state index contributed by atoms with van der Waals surface area (Å²) < 4.78 is 13.7. The molecule has 1 aliphatic heterocycles. The van der Waals surface area contributed by atoms with Crippen molar-refractivity contribution in [1.82, 2.24) is 9.97 Å². The van der Waals surface area contributed by atoms with Crippen LogP contribution in [0.1, 0.15) is 25.0 Å². The molecule has 3 heterocycles. The number of hydrogen-bond acceptors (Lipinski definition) is 5. The first-order valence-corrected chi connectivity index (χ1v) is 15.5. The van der Waals surface area contributed by atoms with E-state index in [0.29, 0.717) is 28.5 Å². The fourth-order valence-corrected chi connectivity index (χ4v) is 6.91. The minimum atomic E-state index is -0.221. The molecular formula is C41H29N3O2. The van der Waals surface area contributed by atoms with Crippen molar-refractivity contribution in [2.24, 2.45) is 0 Å². The number of rotatable bonds is 4. The van der Waals surface area contributed by atoms with Crippen LogP contribution in [0.4, 0.5) is 17.1 Å². The maximum atomic E-state index is 6.87. The van der Waals surface area contributed by atoms with Gasteiger partial charge in [-0.25, -0.2) is 9.97 Å². The van der Waals surface area contributed by atoms with Crippen molar-refractivity contribution in [1.29, 1.82) is 0 Å². The van der Waals surface area contributed by atoms with Crippen molar-refractivity contribution >= 4 is 39.3 Å². The molecule has 1 aliphatic rings. The van der Waals surface area contributed by atoms with E-state index in [4.69, 9.17) is 18.8 Å². The third kappa shape index (κ3) is 3.88. The van der Waals surface area contributed by atoms with E-state index >= 15 is 0 Å². The van der Waals surface area contributed by atoms with Gasteiger partial charge in [-0.2, -0.15) is 0 Å². The topological polar surface area (TPSA) is 55.3 Å². The highest BCUT2D eigenvalue weighted by Crippen LogP contribution is 2.56. The molecule has 9 rings (SSSR count). The molecule has 0 N–H and O–H groups in total. The van der Waals surface area contributed by atoms with Gasteiger partial charge >= 0.3 is 0 Å². The van der Waals surface area contributed by atoms with E-state index in [1.54, 1.807) is 0 Å². The number of para-hydroxylation sites is 2. The zero-order chi connectivity index (χ0) is 30.8. The van der Waals surface area contributed by atoms with Crippen molar-refractivity contribution in [3.63, 3.8) is 0 Å². The number of benzene rings is 6. The standard InChI is InChI=1S/C41H29N3O2/c1-41(2)29-22-12-14-24-31(29)44(32-25-15-13-23-30(32)41)36-35-37(45-40(43-35)28-20-10-5-11-21-28)33(26-16-6-3-7-17-26)34-38(36)46-39(42-34)27-18-8-4-9-19-27/h3-25H,1-2H3. The van der Waals surface area contributed by atoms with E-state index in [2.05, 4.69) is 79.4 Å². The van der Waals surface area contributed by atoms with Crippen molar-refractivity contribution in [2.75, 3.05) is 4.90 Å². The third-order valence-corrected chi connectivity index (χ3v) is 9.12. The van der Waals surface area contributed by atoms with Crippen LogP contribution in [0.25, 0.3) is 56.2 Å². The second kappa shape index (κ2) is 10.0. The molecule has 5 nitrogen and oxygen atoms in total. The van der Waals surface area contributed by atoms with Crippen LogP contribution < -0.4 is 4.90 Å². The predicted molar refractivity (Wildman–Crippen MR) is 185 cm³/mol. The lowest BCUT2D eigenvalue weighted by molar-refractivity contribution is 0.616. The average Bonchev–Trinajstić information content (AvgIpc) is 3.75. The minimum Gasteiger partial charge on any atom is -0.435 e. The molecule has 0 amide bonds. The Bertz CT molecular complexity index is 2250. The molecule has 2 aromatic heterocycles. The molecule has 6 aromatic carbocycles. The summed E-state index contributed by atoms with van der Waals surface area (Å²) in [7, 11) is 0. The normalized spacial score (nSPS) is 13.6. The smallest absolute Gasteiger partial charge is 0.227 e. The molecule has 0 aliphatic carbocycles. The lowest BCUT2D eigenvalue weighted by Crippen LogP contribution is -2.30. The van der Waals surface area contributed by atoms with Gasteiger partial charge < -0.3 is 13.7 Å². The van der Waals surface area contributed by atoms with Crippen LogP contribution in [-0.2, 0) is 5.41 Å². The molecule has 0 bridgehead atoms. The Labute approximate surface area is 266 Å². The Kier molecular flexibility index (Phi) is 5.78. The van der Waals surface area contributed by atoms with E-state index in [9.17, 15) is 0 Å². The second-order valence-electron chi connectivity index (χ2n) is 12.2. The summed E-state index contributed by atoms with van der Waals surface area (Å²) in [5, 5.41) is 0. The molecule has 46 heavy (non-hydrogen) atoms. The summed E-state index contributed by atoms with van der Waals surface area (Å²) in [4.78, 5) is 12.8. The first-order chi connectivity index (χ1) is 22.6. The summed E-state index contributed by atoms with van der Waals surface area (Å²) in [6.45, 7) is 4.58. The van der Waals surface area contributed by atoms with Gasteiger partial charge in [-0.15, -0.1) is 0 Å². The zero-order valence-corrected chi connectivity index (χ0v) is 25.4. The average molecular weight is 596 g/mol. The number of oxazole rings is 2. The molecule has 0 atom stereocenters. The summed E-state index contributed by atoms with van der Waals surface area (Å²) in [6.07, 6.45) is 0. The number of aromatic nitrogens is 2. The largest absolute Gasteiger partial charge is 0.435 e. The second-order valence-corrected chi connectivity index (χ2v) is 12.2. The van der Waals surface area contributed by atoms with Gasteiger partial charge in [0, 0.05) is 16.5 Å². The Morgan fingerprint density at radius 1 is 0.478 bits per heavy atom. The molecule has 0 unspecified atom stereocenters. The Morgan fingerprint density at radius 3 is 1.46 bits per heavy atom. The van der Waals surface area contributed by atoms with Gasteiger partial charge in [-0.3, -0.25) is 0 Å². The number of hydrogen-bond donors (Lipinski definition) is 0. The molecule has 8 aromatic rings. The van der Waals surface area contributed by atoms with Crippen molar-refractivity contribution in [2.45, 2.75) is 19.3 Å². The van der Waals surface area contributed by atoms with Crippen LogP contribution >= 0.6 is 0 Å². The van der Waals surface area contributed by atoms with Crippen LogP contribution in [0.2, 0.25) is 0 Å². The molecule has 5 heteroatoms. The first-order valence-electron chi connectivity index (χ1n) is 15.5. The summed E-state index contributed by atoms with van der Waals surface area (Å²) in [5.74, 6) is 1.09. The molecule has 0 saturated heterocycles. The fourth-order valence-electron chi connectivity index (χ4n) is 6.91. The van der Waals surface area contributed by atoms with E-state index in [-0.39, 0.29) is 5.41 Å². The number of anilines is 3. The van der Waals surface area contributed by atoms with E-state index in [0.717, 1.165) is 44.8 Å². The quantitative estimate of drug-likeness (QED) is 0.203. The number of fused-ring (bicyclic) bond motifs is 4. The highest BCUT2D eigenvalue weighted by Gasteiger charge is 2.39. The fraction of sp³-hybridized carbons (Fsp3) is 0.0732. The van der Waals surface area contributed by atoms with Gasteiger partial charge in [-0.1, -0.05) is 117 Å². The van der Waals surface area contributed by atoms with Gasteiger partial charge in [0.2, 0.25) is 11.8 Å². The highest BCUT2D eigenvalue weighted by atomic mass is 16.4. The van der Waals surface area contributed by atoms with Gasteiger partial charge in [-0.05, 0) is 53.1 Å². The van der Waals surface area contributed by atoms with Gasteiger partial charge in [0.25, 0.3) is 0 Å². The third-order valence-electron chi connectivity index (χ3n) is 9.12. The van der Waals surface area contributed by atoms with Crippen molar-refractivity contribution in [3.05, 3.63) is 151 Å². The van der Waals surface area contributed by atoms with Crippen molar-refractivity contribution in [3.8, 4) is 34.0 Å². The summed E-state index contributed by atoms with van der Waals surface area (Å²) in [6, 6.07) is 47.6. The maximum absolute atomic E-state index is 6.87. The Balaban J connectivity index is 1.47. The van der Waals surface area contributed by atoms with E-state index in [1.165, 1.54) is 11.1 Å². The SMILES string of the molecule is CC1(C)c2ccccc2N(c2c3nc(-c4ccccc4)oc3c(-c3ccccc3)c3nc(-c4ccccc4)oc23)c2ccccc21. The Morgan fingerprint density at radius 2 is 0.913 bits per heavy atom. The van der Waals surface area contributed by atoms with Crippen molar-refractivity contribution < 1.29 is 8.83 Å². The van der Waals surface area contributed by atoms with Gasteiger partial charge in [0.15, 0.2) is 11.2 Å². The first kappa shape index (κ1) is 26.5. The molecule has 0 radical (unpaired) electrons. The van der Waals surface area contributed by atoms with Crippen LogP contribution in [0.5, 0.6) is 0 Å². The molecule has 0 spiro atoms. The lowest BCUT2D eigenvalue weighted by Gasteiger charge is -2.41. The molecule has 0 saturated carbocycles. The predicted octanol–water partition coefficient (Wildman–Crippen LogP) is 11.1. The molecular weight excluding hydrogens is 566 g/mol. The zero-order valence-electron chi connectivity index (χ0n) is 25.4. The van der Waals surface area contributed by atoms with Crippen LogP contribution in [0.3, 0.4) is 0 Å². The summed E-state index contributed by atoms with van der Waals surface area (Å²) >= 11 is 0. The van der Waals surface area contributed by atoms with Crippen LogP contribution in [0, 0.1) is 0 Å². The number of nitrogens with zero attached hydrogens (tertiary/aromatic N) is 3. The van der Waals surface area contributed by atoms with Gasteiger partial charge in [0.1, 0.15) is 16.7 Å². The summed E-state index contributed by atoms with van der Waals surface area (Å²) in [5.41, 5.74) is 11.6. The maximum Gasteiger partial charge on any atom is 0.227 e. The molecule has 220 valence electrons. The minimum absolute atomic E-state index is 0.221. The lowest BCUT2D eigenvalue weighted by atomic mass is 9.73. The Hall–Kier alpha value is -5.94. The van der Waals surface area contributed by atoms with Crippen LogP contribution in [-0.4, -0.2) is 9.97 Å². The highest BCUT2D eigenvalue weighted by molar-refractivity contribution is 6.18. The monoisotopic (exact) mass is 595 g/mol. The van der Waals surface area contributed by atoms with Gasteiger partial charge in [0.05, 0.1) is 16.9 Å². The molecule has 0 fully saturated rings. The van der Waals surface area contributed by atoms with E-state index in [1.807, 2.05) is 78.9 Å². The van der Waals surface area contributed by atoms with Crippen LogP contribution in [0.15, 0.2) is 148 Å².